The molecule has 1 saturated heterocycles. The van der Waals surface area contributed by atoms with E-state index in [-0.39, 0.29) is 29.3 Å². The first kappa shape index (κ1) is 17.4. The summed E-state index contributed by atoms with van der Waals surface area (Å²) >= 11 is 0. The molecule has 5 nitrogen and oxygen atoms in total. The maximum atomic E-state index is 13.2. The van der Waals surface area contributed by atoms with Crippen molar-refractivity contribution in [2.24, 2.45) is 0 Å². The van der Waals surface area contributed by atoms with Gasteiger partial charge in [-0.3, -0.25) is 4.79 Å². The smallest absolute Gasteiger partial charge is 0.278 e. The molecule has 0 saturated carbocycles. The number of nitrogens with zero attached hydrogens (tertiary/aromatic N) is 3. The van der Waals surface area contributed by atoms with Crippen molar-refractivity contribution >= 4 is 16.9 Å². The number of hydrogen-bond acceptors (Lipinski definition) is 4. The number of fused-ring (bicyclic) bond motifs is 1. The van der Waals surface area contributed by atoms with E-state index in [1.54, 1.807) is 35.2 Å². The van der Waals surface area contributed by atoms with E-state index in [0.29, 0.717) is 24.0 Å². The standard InChI is InChI=1S/C21H20FN3O2/c22-15-10-8-14(9-11-15)13-16-5-3-4-12-25(16)21(27)19-20(26)24-18-7-2-1-6-17(18)23-19/h1-2,6-11,16H,3-5,12-13H2,(H,24,26). The van der Waals surface area contributed by atoms with Crippen molar-refractivity contribution in [1.29, 1.82) is 0 Å². The van der Waals surface area contributed by atoms with Crippen LogP contribution in [0.5, 0.6) is 5.88 Å². The van der Waals surface area contributed by atoms with Crippen molar-refractivity contribution < 1.29 is 14.3 Å². The molecule has 1 aliphatic heterocycles. The molecule has 1 amide bonds. The lowest BCUT2D eigenvalue weighted by Crippen LogP contribution is -2.45. The number of aromatic hydroxyl groups is 1. The van der Waals surface area contributed by atoms with Crippen LogP contribution in [-0.4, -0.2) is 38.5 Å². The summed E-state index contributed by atoms with van der Waals surface area (Å²) in [4.78, 5) is 23.4. The zero-order valence-electron chi connectivity index (χ0n) is 14.8. The highest BCUT2D eigenvalue weighted by Gasteiger charge is 2.30. The third-order valence-electron chi connectivity index (χ3n) is 5.03. The van der Waals surface area contributed by atoms with E-state index in [1.807, 2.05) is 6.07 Å². The van der Waals surface area contributed by atoms with E-state index in [1.165, 1.54) is 12.1 Å². The summed E-state index contributed by atoms with van der Waals surface area (Å²) in [5.41, 5.74) is 2.09. The fraction of sp³-hybridized carbons (Fsp3) is 0.286. The molecule has 27 heavy (non-hydrogen) atoms. The second-order valence-electron chi connectivity index (χ2n) is 6.86. The molecule has 1 N–H and O–H groups in total. The molecule has 4 rings (SSSR count). The van der Waals surface area contributed by atoms with Crippen molar-refractivity contribution in [3.63, 3.8) is 0 Å². The minimum atomic E-state index is -0.343. The number of amides is 1. The minimum absolute atomic E-state index is 0.00983. The van der Waals surface area contributed by atoms with Crippen molar-refractivity contribution in [2.75, 3.05) is 6.54 Å². The van der Waals surface area contributed by atoms with E-state index in [0.717, 1.165) is 24.8 Å². The molecule has 2 heterocycles. The normalized spacial score (nSPS) is 17.2. The van der Waals surface area contributed by atoms with Crippen LogP contribution in [0.1, 0.15) is 35.3 Å². The highest BCUT2D eigenvalue weighted by molar-refractivity contribution is 5.96. The quantitative estimate of drug-likeness (QED) is 0.768. The van der Waals surface area contributed by atoms with Gasteiger partial charge in [-0.1, -0.05) is 24.3 Å². The van der Waals surface area contributed by atoms with Gasteiger partial charge in [0.1, 0.15) is 5.82 Å². The van der Waals surface area contributed by atoms with Crippen LogP contribution < -0.4 is 0 Å². The maximum Gasteiger partial charge on any atom is 0.278 e. The summed E-state index contributed by atoms with van der Waals surface area (Å²) in [7, 11) is 0. The number of aromatic nitrogens is 2. The van der Waals surface area contributed by atoms with Gasteiger partial charge in [-0.2, -0.15) is 0 Å². The van der Waals surface area contributed by atoms with E-state index in [4.69, 9.17) is 0 Å². The molecule has 0 bridgehead atoms. The molecule has 1 fully saturated rings. The predicted molar refractivity (Wildman–Crippen MR) is 100.0 cm³/mol. The number of carbonyl (C=O) groups is 1. The Morgan fingerprint density at radius 2 is 1.78 bits per heavy atom. The monoisotopic (exact) mass is 365 g/mol. The van der Waals surface area contributed by atoms with Gasteiger partial charge < -0.3 is 10.0 Å². The first-order chi connectivity index (χ1) is 13.1. The van der Waals surface area contributed by atoms with E-state index < -0.39 is 0 Å². The Balaban J connectivity index is 1.62. The molecule has 0 spiro atoms. The van der Waals surface area contributed by atoms with Crippen molar-refractivity contribution in [3.05, 3.63) is 65.6 Å². The molecule has 0 aliphatic carbocycles. The third-order valence-corrected chi connectivity index (χ3v) is 5.03. The van der Waals surface area contributed by atoms with E-state index in [9.17, 15) is 14.3 Å². The van der Waals surface area contributed by atoms with Gasteiger partial charge in [-0.15, -0.1) is 0 Å². The summed E-state index contributed by atoms with van der Waals surface area (Å²) in [5, 5.41) is 10.3. The van der Waals surface area contributed by atoms with Crippen molar-refractivity contribution in [1.82, 2.24) is 14.9 Å². The Hall–Kier alpha value is -3.02. The minimum Gasteiger partial charge on any atom is -0.492 e. The molecule has 1 unspecified atom stereocenters. The first-order valence-corrected chi connectivity index (χ1v) is 9.13. The number of rotatable bonds is 3. The largest absolute Gasteiger partial charge is 0.492 e. The van der Waals surface area contributed by atoms with Crippen LogP contribution in [0.25, 0.3) is 11.0 Å². The number of likely N-dealkylation sites (tertiary alicyclic amines) is 1. The topological polar surface area (TPSA) is 66.3 Å². The second kappa shape index (κ2) is 7.31. The number of hydrogen-bond donors (Lipinski definition) is 1. The van der Waals surface area contributed by atoms with Crippen LogP contribution >= 0.6 is 0 Å². The molecule has 3 aromatic rings. The molecule has 6 heteroatoms. The lowest BCUT2D eigenvalue weighted by Gasteiger charge is -2.35. The van der Waals surface area contributed by atoms with E-state index in [2.05, 4.69) is 9.97 Å². The lowest BCUT2D eigenvalue weighted by molar-refractivity contribution is 0.0603. The van der Waals surface area contributed by atoms with Crippen LogP contribution in [-0.2, 0) is 6.42 Å². The van der Waals surface area contributed by atoms with Crippen LogP contribution in [0.3, 0.4) is 0 Å². The zero-order valence-corrected chi connectivity index (χ0v) is 14.8. The van der Waals surface area contributed by atoms with Crippen molar-refractivity contribution in [2.45, 2.75) is 31.7 Å². The molecule has 138 valence electrons. The summed E-state index contributed by atoms with van der Waals surface area (Å²) in [6.07, 6.45) is 3.46. The fourth-order valence-corrected chi connectivity index (χ4v) is 3.64. The molecular formula is C21H20FN3O2. The molecule has 1 aliphatic rings. The Labute approximate surface area is 156 Å². The molecular weight excluding hydrogens is 345 g/mol. The third kappa shape index (κ3) is 3.60. The van der Waals surface area contributed by atoms with Crippen molar-refractivity contribution in [3.8, 4) is 5.88 Å². The van der Waals surface area contributed by atoms with Crippen LogP contribution in [0.15, 0.2) is 48.5 Å². The van der Waals surface area contributed by atoms with Gasteiger partial charge in [0, 0.05) is 12.6 Å². The number of benzene rings is 2. The lowest BCUT2D eigenvalue weighted by atomic mass is 9.95. The van der Waals surface area contributed by atoms with Gasteiger partial charge >= 0.3 is 0 Å². The zero-order chi connectivity index (χ0) is 18.8. The predicted octanol–water partition coefficient (Wildman–Crippen LogP) is 3.71. The second-order valence-corrected chi connectivity index (χ2v) is 6.86. The average molecular weight is 365 g/mol. The molecule has 1 atom stereocenters. The Kier molecular flexibility index (Phi) is 4.71. The van der Waals surface area contributed by atoms with Gasteiger partial charge in [0.2, 0.25) is 5.88 Å². The Morgan fingerprint density at radius 1 is 1.07 bits per heavy atom. The summed E-state index contributed by atoms with van der Waals surface area (Å²) in [6, 6.07) is 13.5. The summed E-state index contributed by atoms with van der Waals surface area (Å²) in [5.74, 6) is -0.922. The number of halogens is 1. The SMILES string of the molecule is O=C(c1nc2ccccc2nc1O)N1CCCCC1Cc1ccc(F)cc1. The highest BCUT2D eigenvalue weighted by atomic mass is 19.1. The highest BCUT2D eigenvalue weighted by Crippen LogP contribution is 2.25. The molecule has 0 radical (unpaired) electrons. The first-order valence-electron chi connectivity index (χ1n) is 9.13. The van der Waals surface area contributed by atoms with Gasteiger partial charge in [0.05, 0.1) is 11.0 Å². The van der Waals surface area contributed by atoms with Gasteiger partial charge in [-0.05, 0) is 55.5 Å². The molecule has 2 aromatic carbocycles. The van der Waals surface area contributed by atoms with Gasteiger partial charge in [0.25, 0.3) is 5.91 Å². The van der Waals surface area contributed by atoms with Gasteiger partial charge in [-0.25, -0.2) is 14.4 Å². The van der Waals surface area contributed by atoms with E-state index >= 15 is 0 Å². The summed E-state index contributed by atoms with van der Waals surface area (Å²) < 4.78 is 13.2. The summed E-state index contributed by atoms with van der Waals surface area (Å²) in [6.45, 7) is 0.610. The Bertz CT molecular complexity index is 975. The number of para-hydroxylation sites is 2. The van der Waals surface area contributed by atoms with Crippen LogP contribution in [0.2, 0.25) is 0 Å². The number of piperidine rings is 1. The maximum absolute atomic E-state index is 13.2. The van der Waals surface area contributed by atoms with Crippen LogP contribution in [0, 0.1) is 5.82 Å². The fourth-order valence-electron chi connectivity index (χ4n) is 3.64. The van der Waals surface area contributed by atoms with Gasteiger partial charge in [0.15, 0.2) is 5.69 Å². The molecule has 1 aromatic heterocycles. The Morgan fingerprint density at radius 3 is 2.52 bits per heavy atom. The average Bonchev–Trinajstić information content (AvgIpc) is 2.69. The van der Waals surface area contributed by atoms with Crippen LogP contribution in [0.4, 0.5) is 4.39 Å². The number of carbonyl (C=O) groups excluding carboxylic acids is 1.